The second-order valence-corrected chi connectivity index (χ2v) is 3.67. The van der Waals surface area contributed by atoms with Crippen molar-refractivity contribution in [1.29, 1.82) is 0 Å². The fourth-order valence-electron chi connectivity index (χ4n) is 1.60. The van der Waals surface area contributed by atoms with Gasteiger partial charge in [0.1, 0.15) is 0 Å². The molecule has 1 amide bonds. The standard InChI is InChI=1S/C9H17N3O/c1-6(2)8-7(4-5-10)9(13)12(3)11-8/h6-7H,4-5,10H2,1-3H3. The molecule has 1 unspecified atom stereocenters. The highest BCUT2D eigenvalue weighted by atomic mass is 16.2. The molecule has 0 bridgehead atoms. The maximum absolute atomic E-state index is 11.6. The molecule has 1 heterocycles. The summed E-state index contributed by atoms with van der Waals surface area (Å²) in [6, 6.07) is 0. The SMILES string of the molecule is CC(C)C1=NN(C)C(=O)C1CCN. The minimum Gasteiger partial charge on any atom is -0.330 e. The summed E-state index contributed by atoms with van der Waals surface area (Å²) in [4.78, 5) is 11.6. The highest BCUT2D eigenvalue weighted by molar-refractivity contribution is 6.08. The molecule has 4 nitrogen and oxygen atoms in total. The van der Waals surface area contributed by atoms with Gasteiger partial charge in [0.15, 0.2) is 0 Å². The number of nitrogens with zero attached hydrogens (tertiary/aromatic N) is 2. The van der Waals surface area contributed by atoms with E-state index in [0.717, 1.165) is 5.71 Å². The largest absolute Gasteiger partial charge is 0.330 e. The van der Waals surface area contributed by atoms with Crippen LogP contribution in [0.25, 0.3) is 0 Å². The minimum atomic E-state index is -0.0741. The summed E-state index contributed by atoms with van der Waals surface area (Å²) in [6.07, 6.45) is 0.709. The fourth-order valence-corrected chi connectivity index (χ4v) is 1.60. The van der Waals surface area contributed by atoms with Crippen LogP contribution in [0, 0.1) is 11.8 Å². The van der Waals surface area contributed by atoms with Crippen molar-refractivity contribution in [2.45, 2.75) is 20.3 Å². The van der Waals surface area contributed by atoms with Crippen LogP contribution in [0.1, 0.15) is 20.3 Å². The summed E-state index contributed by atoms with van der Waals surface area (Å²) < 4.78 is 0. The number of carbonyl (C=O) groups excluding carboxylic acids is 1. The molecule has 13 heavy (non-hydrogen) atoms. The number of hydrazone groups is 1. The van der Waals surface area contributed by atoms with E-state index in [2.05, 4.69) is 18.9 Å². The first-order valence-corrected chi connectivity index (χ1v) is 4.64. The molecule has 74 valence electrons. The van der Waals surface area contributed by atoms with Gasteiger partial charge in [-0.1, -0.05) is 13.8 Å². The first kappa shape index (κ1) is 10.2. The first-order valence-electron chi connectivity index (χ1n) is 4.64. The molecule has 0 fully saturated rings. The van der Waals surface area contributed by atoms with Gasteiger partial charge < -0.3 is 5.73 Å². The van der Waals surface area contributed by atoms with E-state index in [9.17, 15) is 4.79 Å². The highest BCUT2D eigenvalue weighted by Crippen LogP contribution is 2.21. The lowest BCUT2D eigenvalue weighted by molar-refractivity contribution is -0.130. The molecule has 0 spiro atoms. The third-order valence-electron chi connectivity index (χ3n) is 2.29. The third-order valence-corrected chi connectivity index (χ3v) is 2.29. The molecule has 1 aliphatic heterocycles. The number of hydrogen-bond donors (Lipinski definition) is 1. The van der Waals surface area contributed by atoms with Crippen molar-refractivity contribution in [3.05, 3.63) is 0 Å². The van der Waals surface area contributed by atoms with Crippen molar-refractivity contribution in [3.63, 3.8) is 0 Å². The Balaban J connectivity index is 2.80. The van der Waals surface area contributed by atoms with Gasteiger partial charge in [0, 0.05) is 7.05 Å². The number of rotatable bonds is 3. The minimum absolute atomic E-state index is 0.0741. The van der Waals surface area contributed by atoms with Gasteiger partial charge in [0.25, 0.3) is 5.91 Å². The average molecular weight is 183 g/mol. The van der Waals surface area contributed by atoms with Crippen LogP contribution in [0.5, 0.6) is 0 Å². The molecule has 1 rings (SSSR count). The van der Waals surface area contributed by atoms with E-state index in [1.54, 1.807) is 7.05 Å². The molecule has 0 aliphatic carbocycles. The van der Waals surface area contributed by atoms with Crippen LogP contribution in [0.2, 0.25) is 0 Å². The predicted octanol–water partition coefficient (Wildman–Crippen LogP) is 0.435. The smallest absolute Gasteiger partial charge is 0.251 e. The summed E-state index contributed by atoms with van der Waals surface area (Å²) in [5.41, 5.74) is 6.42. The molecule has 2 N–H and O–H groups in total. The zero-order chi connectivity index (χ0) is 10.0. The van der Waals surface area contributed by atoms with Crippen molar-refractivity contribution >= 4 is 11.6 Å². The quantitative estimate of drug-likeness (QED) is 0.690. The maximum atomic E-state index is 11.6. The number of amides is 1. The number of nitrogens with two attached hydrogens (primary N) is 1. The number of hydrogen-bond acceptors (Lipinski definition) is 3. The Morgan fingerprint density at radius 1 is 1.62 bits per heavy atom. The Kier molecular flexibility index (Phi) is 3.03. The normalized spacial score (nSPS) is 22.8. The van der Waals surface area contributed by atoms with Crippen LogP contribution in [-0.4, -0.2) is 30.2 Å². The van der Waals surface area contributed by atoms with Crippen molar-refractivity contribution in [2.75, 3.05) is 13.6 Å². The Labute approximate surface area is 78.8 Å². The lowest BCUT2D eigenvalue weighted by atomic mass is 9.92. The zero-order valence-electron chi connectivity index (χ0n) is 8.45. The van der Waals surface area contributed by atoms with E-state index < -0.39 is 0 Å². The lowest BCUT2D eigenvalue weighted by Crippen LogP contribution is -2.28. The topological polar surface area (TPSA) is 58.7 Å². The van der Waals surface area contributed by atoms with E-state index in [0.29, 0.717) is 18.9 Å². The Morgan fingerprint density at radius 3 is 2.69 bits per heavy atom. The van der Waals surface area contributed by atoms with Gasteiger partial charge in [-0.25, -0.2) is 5.01 Å². The molecule has 1 aliphatic rings. The monoisotopic (exact) mass is 183 g/mol. The molecule has 0 radical (unpaired) electrons. The summed E-state index contributed by atoms with van der Waals surface area (Å²) in [7, 11) is 1.70. The molecule has 0 saturated heterocycles. The van der Waals surface area contributed by atoms with Crippen LogP contribution in [0.4, 0.5) is 0 Å². The van der Waals surface area contributed by atoms with Crippen molar-refractivity contribution in [3.8, 4) is 0 Å². The molecule has 1 atom stereocenters. The van der Waals surface area contributed by atoms with Crippen molar-refractivity contribution in [2.24, 2.45) is 22.7 Å². The molecule has 4 heteroatoms. The predicted molar refractivity (Wildman–Crippen MR) is 52.2 cm³/mol. The molecule has 0 aromatic rings. The van der Waals surface area contributed by atoms with Gasteiger partial charge in [0.05, 0.1) is 11.6 Å². The van der Waals surface area contributed by atoms with Crippen molar-refractivity contribution < 1.29 is 4.79 Å². The van der Waals surface area contributed by atoms with E-state index in [-0.39, 0.29) is 11.8 Å². The Bertz CT molecular complexity index is 235. The number of carbonyl (C=O) groups is 1. The fraction of sp³-hybridized carbons (Fsp3) is 0.778. The summed E-state index contributed by atoms with van der Waals surface area (Å²) in [6.45, 7) is 4.64. The van der Waals surface area contributed by atoms with E-state index in [1.165, 1.54) is 5.01 Å². The van der Waals surface area contributed by atoms with Gasteiger partial charge in [0.2, 0.25) is 0 Å². The van der Waals surface area contributed by atoms with Crippen LogP contribution in [0.3, 0.4) is 0 Å². The van der Waals surface area contributed by atoms with E-state index >= 15 is 0 Å². The lowest BCUT2D eigenvalue weighted by Gasteiger charge is -2.11. The van der Waals surface area contributed by atoms with E-state index in [4.69, 9.17) is 5.73 Å². The van der Waals surface area contributed by atoms with Gasteiger partial charge >= 0.3 is 0 Å². The van der Waals surface area contributed by atoms with Crippen LogP contribution < -0.4 is 5.73 Å². The molecular weight excluding hydrogens is 166 g/mol. The average Bonchev–Trinajstić information content (AvgIpc) is 2.33. The highest BCUT2D eigenvalue weighted by Gasteiger charge is 2.34. The van der Waals surface area contributed by atoms with Gasteiger partial charge in [-0.2, -0.15) is 5.10 Å². The third kappa shape index (κ3) is 1.88. The van der Waals surface area contributed by atoms with Crippen molar-refractivity contribution in [1.82, 2.24) is 5.01 Å². The first-order chi connectivity index (χ1) is 6.07. The molecule has 0 aromatic heterocycles. The summed E-state index contributed by atoms with van der Waals surface area (Å²) in [5, 5.41) is 5.64. The van der Waals surface area contributed by atoms with Crippen LogP contribution in [0.15, 0.2) is 5.10 Å². The second kappa shape index (κ2) is 3.87. The summed E-state index contributed by atoms with van der Waals surface area (Å²) in [5.74, 6) is 0.328. The Morgan fingerprint density at radius 2 is 2.23 bits per heavy atom. The van der Waals surface area contributed by atoms with Gasteiger partial charge in [-0.15, -0.1) is 0 Å². The van der Waals surface area contributed by atoms with Crippen LogP contribution in [-0.2, 0) is 4.79 Å². The maximum Gasteiger partial charge on any atom is 0.251 e. The zero-order valence-corrected chi connectivity index (χ0v) is 8.45. The second-order valence-electron chi connectivity index (χ2n) is 3.67. The van der Waals surface area contributed by atoms with E-state index in [1.807, 2.05) is 0 Å². The molecular formula is C9H17N3O. The Hall–Kier alpha value is -0.900. The molecule has 0 saturated carbocycles. The molecule has 0 aromatic carbocycles. The van der Waals surface area contributed by atoms with Crippen LogP contribution >= 0.6 is 0 Å². The van der Waals surface area contributed by atoms with Gasteiger partial charge in [-0.3, -0.25) is 4.79 Å². The van der Waals surface area contributed by atoms with Gasteiger partial charge in [-0.05, 0) is 18.9 Å². The summed E-state index contributed by atoms with van der Waals surface area (Å²) >= 11 is 0.